The lowest BCUT2D eigenvalue weighted by Crippen LogP contribution is -2.36. The fourth-order valence-corrected chi connectivity index (χ4v) is 2.06. The van der Waals surface area contributed by atoms with Crippen molar-refractivity contribution < 1.29 is 0 Å². The summed E-state index contributed by atoms with van der Waals surface area (Å²) in [6.07, 6.45) is 2.84. The highest BCUT2D eigenvalue weighted by molar-refractivity contribution is 7.11. The fourth-order valence-electron chi connectivity index (χ4n) is 1.29. The Balaban J connectivity index is 2.44. The Bertz CT molecular complexity index is 344. The molecule has 0 fully saturated rings. The molecule has 16 heavy (non-hydrogen) atoms. The van der Waals surface area contributed by atoms with Gasteiger partial charge >= 0.3 is 0 Å². The molecule has 0 unspecified atom stereocenters. The number of aromatic nitrogens is 1. The summed E-state index contributed by atoms with van der Waals surface area (Å²) in [5.74, 6) is 0.941. The first-order chi connectivity index (χ1) is 7.63. The van der Waals surface area contributed by atoms with E-state index in [0.717, 1.165) is 30.5 Å². The van der Waals surface area contributed by atoms with Gasteiger partial charge in [-0.1, -0.05) is 0 Å². The van der Waals surface area contributed by atoms with Crippen LogP contribution >= 0.6 is 11.3 Å². The van der Waals surface area contributed by atoms with Crippen molar-refractivity contribution in [1.82, 2.24) is 15.2 Å². The minimum absolute atomic E-state index is 0.785. The normalized spacial score (nSPS) is 11.6. The number of thiazole rings is 1. The number of nitrogens with zero attached hydrogens (tertiary/aromatic N) is 3. The topological polar surface area (TPSA) is 40.5 Å². The number of hydrogen-bond donors (Lipinski definition) is 1. The summed E-state index contributed by atoms with van der Waals surface area (Å²) in [4.78, 5) is 12.1. The third-order valence-electron chi connectivity index (χ3n) is 2.01. The summed E-state index contributed by atoms with van der Waals surface area (Å²) in [5.41, 5.74) is 0. The first kappa shape index (κ1) is 13.0. The zero-order valence-corrected chi connectivity index (χ0v) is 11.3. The monoisotopic (exact) mass is 240 g/mol. The predicted molar refractivity (Wildman–Crippen MR) is 70.2 cm³/mol. The summed E-state index contributed by atoms with van der Waals surface area (Å²) in [6, 6.07) is 0. The Hall–Kier alpha value is -1.10. The van der Waals surface area contributed by atoms with Gasteiger partial charge in [0.15, 0.2) is 5.96 Å². The molecule has 0 amide bonds. The molecule has 0 aliphatic rings. The average Bonchev–Trinajstić information content (AvgIpc) is 2.63. The number of nitrogens with one attached hydrogen (secondary N) is 1. The van der Waals surface area contributed by atoms with Gasteiger partial charge in [-0.15, -0.1) is 11.3 Å². The van der Waals surface area contributed by atoms with Crippen LogP contribution in [-0.2, 0) is 6.42 Å². The Morgan fingerprint density at radius 1 is 1.56 bits per heavy atom. The molecule has 1 heterocycles. The summed E-state index contributed by atoms with van der Waals surface area (Å²) >= 11 is 1.75. The molecule has 0 saturated carbocycles. The Kier molecular flexibility index (Phi) is 5.25. The van der Waals surface area contributed by atoms with E-state index >= 15 is 0 Å². The van der Waals surface area contributed by atoms with Crippen molar-refractivity contribution in [3.63, 3.8) is 0 Å². The molecule has 0 aliphatic heterocycles. The maximum Gasteiger partial charge on any atom is 0.193 e. The van der Waals surface area contributed by atoms with Gasteiger partial charge in [-0.2, -0.15) is 0 Å². The van der Waals surface area contributed by atoms with E-state index in [1.165, 1.54) is 4.88 Å². The van der Waals surface area contributed by atoms with E-state index in [4.69, 9.17) is 0 Å². The van der Waals surface area contributed by atoms with Crippen molar-refractivity contribution >= 4 is 17.3 Å². The van der Waals surface area contributed by atoms with E-state index in [2.05, 4.69) is 29.1 Å². The lowest BCUT2D eigenvalue weighted by molar-refractivity contribution is 0.583. The van der Waals surface area contributed by atoms with Gasteiger partial charge in [0.2, 0.25) is 0 Å². The van der Waals surface area contributed by atoms with Crippen LogP contribution in [0.25, 0.3) is 0 Å². The molecule has 1 rings (SSSR count). The first-order valence-corrected chi connectivity index (χ1v) is 6.32. The number of hydrogen-bond acceptors (Lipinski definition) is 3. The Morgan fingerprint density at radius 3 is 2.81 bits per heavy atom. The molecule has 0 saturated heterocycles. The zero-order valence-electron chi connectivity index (χ0n) is 10.4. The molecule has 90 valence electrons. The van der Waals surface area contributed by atoms with Crippen LogP contribution in [0, 0.1) is 6.92 Å². The first-order valence-electron chi connectivity index (χ1n) is 5.50. The van der Waals surface area contributed by atoms with Crippen molar-refractivity contribution in [3.8, 4) is 0 Å². The number of rotatable bonds is 4. The van der Waals surface area contributed by atoms with Crippen molar-refractivity contribution in [2.24, 2.45) is 4.99 Å². The van der Waals surface area contributed by atoms with E-state index in [1.54, 1.807) is 11.3 Å². The predicted octanol–water partition coefficient (Wildman–Crippen LogP) is 1.52. The second-order valence-corrected chi connectivity index (χ2v) is 5.06. The molecule has 4 nitrogen and oxygen atoms in total. The van der Waals surface area contributed by atoms with Gasteiger partial charge in [-0.25, -0.2) is 4.98 Å². The summed E-state index contributed by atoms with van der Waals surface area (Å²) in [6.45, 7) is 5.83. The Morgan fingerprint density at radius 2 is 2.31 bits per heavy atom. The van der Waals surface area contributed by atoms with Crippen LogP contribution in [0.3, 0.4) is 0 Å². The van der Waals surface area contributed by atoms with E-state index < -0.39 is 0 Å². The van der Waals surface area contributed by atoms with Gasteiger partial charge in [0, 0.05) is 44.7 Å². The largest absolute Gasteiger partial charge is 0.357 e. The summed E-state index contributed by atoms with van der Waals surface area (Å²) in [7, 11) is 3.99. The van der Waals surface area contributed by atoms with Gasteiger partial charge in [0.05, 0.1) is 5.01 Å². The highest BCUT2D eigenvalue weighted by atomic mass is 32.1. The van der Waals surface area contributed by atoms with Gasteiger partial charge in [0.25, 0.3) is 0 Å². The maximum absolute atomic E-state index is 4.52. The molecular weight excluding hydrogens is 220 g/mol. The van der Waals surface area contributed by atoms with E-state index in [9.17, 15) is 0 Å². The third-order valence-corrected chi connectivity index (χ3v) is 2.99. The molecule has 1 aromatic rings. The minimum Gasteiger partial charge on any atom is -0.357 e. The molecule has 0 aliphatic carbocycles. The lowest BCUT2D eigenvalue weighted by atomic mass is 10.4. The average molecular weight is 240 g/mol. The zero-order chi connectivity index (χ0) is 12.0. The molecule has 0 bridgehead atoms. The van der Waals surface area contributed by atoms with Crippen LogP contribution in [0.5, 0.6) is 0 Å². The van der Waals surface area contributed by atoms with E-state index in [-0.39, 0.29) is 0 Å². The second-order valence-electron chi connectivity index (χ2n) is 3.74. The van der Waals surface area contributed by atoms with Crippen LogP contribution in [0.2, 0.25) is 0 Å². The van der Waals surface area contributed by atoms with Gasteiger partial charge in [-0.3, -0.25) is 4.99 Å². The minimum atomic E-state index is 0.785. The summed E-state index contributed by atoms with van der Waals surface area (Å²) < 4.78 is 0. The van der Waals surface area contributed by atoms with Gasteiger partial charge in [0.1, 0.15) is 0 Å². The van der Waals surface area contributed by atoms with Crippen LogP contribution in [0.4, 0.5) is 0 Å². The summed E-state index contributed by atoms with van der Waals surface area (Å²) in [5, 5.41) is 4.40. The molecule has 5 heteroatoms. The fraction of sp³-hybridized carbons (Fsp3) is 0.636. The SMILES string of the molecule is CCNC(=NCCc1ncc(C)s1)N(C)C. The van der Waals surface area contributed by atoms with Crippen molar-refractivity contribution in [3.05, 3.63) is 16.1 Å². The van der Waals surface area contributed by atoms with Crippen LogP contribution in [0.15, 0.2) is 11.2 Å². The molecule has 1 aromatic heterocycles. The molecule has 0 atom stereocenters. The van der Waals surface area contributed by atoms with E-state index in [1.807, 2.05) is 25.2 Å². The second kappa shape index (κ2) is 6.48. The highest BCUT2D eigenvalue weighted by Crippen LogP contribution is 2.11. The maximum atomic E-state index is 4.52. The lowest BCUT2D eigenvalue weighted by Gasteiger charge is -2.16. The van der Waals surface area contributed by atoms with Crippen LogP contribution in [-0.4, -0.2) is 43.0 Å². The van der Waals surface area contributed by atoms with E-state index in [0.29, 0.717) is 0 Å². The van der Waals surface area contributed by atoms with Crippen LogP contribution in [0.1, 0.15) is 16.8 Å². The number of aryl methyl sites for hydroxylation is 1. The molecule has 0 radical (unpaired) electrons. The quantitative estimate of drug-likeness (QED) is 0.641. The van der Waals surface area contributed by atoms with Crippen LogP contribution < -0.4 is 5.32 Å². The molecule has 0 spiro atoms. The Labute approximate surface area is 101 Å². The number of guanidine groups is 1. The molecule has 0 aromatic carbocycles. The van der Waals surface area contributed by atoms with Crippen molar-refractivity contribution in [2.75, 3.05) is 27.2 Å². The highest BCUT2D eigenvalue weighted by Gasteiger charge is 2.00. The van der Waals surface area contributed by atoms with Gasteiger partial charge < -0.3 is 10.2 Å². The van der Waals surface area contributed by atoms with Crippen molar-refractivity contribution in [2.45, 2.75) is 20.3 Å². The smallest absolute Gasteiger partial charge is 0.193 e. The van der Waals surface area contributed by atoms with Gasteiger partial charge in [-0.05, 0) is 13.8 Å². The third kappa shape index (κ3) is 4.18. The molecular formula is C11H20N4S. The standard InChI is InChI=1S/C11H20N4S/c1-5-12-11(15(3)4)13-7-6-10-14-8-9(2)16-10/h8H,5-7H2,1-4H3,(H,12,13). The van der Waals surface area contributed by atoms with Crippen molar-refractivity contribution in [1.29, 1.82) is 0 Å². The molecule has 1 N–H and O–H groups in total. The number of aliphatic imine (C=N–C) groups is 1.